The smallest absolute Gasteiger partial charge is 0.270 e. The highest BCUT2D eigenvalue weighted by molar-refractivity contribution is 5.97. The highest BCUT2D eigenvalue weighted by Gasteiger charge is 2.30. The molecule has 1 saturated carbocycles. The SMILES string of the molecule is CNc1nn2c(O)c(C(=O)NC3CC3)c(=O)n(CC(C)C)c2c1C=CC(=O)N1CCCC1. The maximum atomic E-state index is 13.4. The maximum absolute atomic E-state index is 13.4. The lowest BCUT2D eigenvalue weighted by molar-refractivity contribution is -0.124. The van der Waals surface area contributed by atoms with E-state index in [9.17, 15) is 19.5 Å². The summed E-state index contributed by atoms with van der Waals surface area (Å²) < 4.78 is 2.66. The summed E-state index contributed by atoms with van der Waals surface area (Å²) in [6, 6.07) is 0.0381. The molecule has 0 aromatic carbocycles. The first kappa shape index (κ1) is 21.9. The Bertz CT molecular complexity index is 1140. The number of nitrogens with one attached hydrogen (secondary N) is 2. The molecule has 0 atom stereocenters. The van der Waals surface area contributed by atoms with E-state index < -0.39 is 17.3 Å². The molecule has 3 heterocycles. The molecule has 10 heteroatoms. The molecule has 0 bridgehead atoms. The number of carbonyl (C=O) groups excluding carboxylic acids is 2. The van der Waals surface area contributed by atoms with Crippen molar-refractivity contribution in [3.63, 3.8) is 0 Å². The predicted octanol–water partition coefficient (Wildman–Crippen LogP) is 1.43. The van der Waals surface area contributed by atoms with Gasteiger partial charge >= 0.3 is 0 Å². The van der Waals surface area contributed by atoms with E-state index in [1.54, 1.807) is 18.0 Å². The van der Waals surface area contributed by atoms with Crippen LogP contribution in [0.15, 0.2) is 10.9 Å². The van der Waals surface area contributed by atoms with Crippen molar-refractivity contribution >= 4 is 29.4 Å². The van der Waals surface area contributed by atoms with E-state index >= 15 is 0 Å². The Morgan fingerprint density at radius 2 is 1.94 bits per heavy atom. The first-order valence-corrected chi connectivity index (χ1v) is 11.2. The van der Waals surface area contributed by atoms with Gasteiger partial charge in [-0.15, -0.1) is 5.10 Å². The van der Waals surface area contributed by atoms with Gasteiger partial charge in [0.05, 0.1) is 5.56 Å². The summed E-state index contributed by atoms with van der Waals surface area (Å²) in [5.74, 6) is -0.729. The van der Waals surface area contributed by atoms with Gasteiger partial charge in [0, 0.05) is 38.8 Å². The molecule has 2 aromatic rings. The minimum atomic E-state index is -0.600. The first-order chi connectivity index (χ1) is 15.3. The molecule has 2 fully saturated rings. The van der Waals surface area contributed by atoms with E-state index in [-0.39, 0.29) is 23.4 Å². The van der Waals surface area contributed by atoms with Crippen molar-refractivity contribution in [1.29, 1.82) is 0 Å². The standard InChI is InChI=1S/C22H30N6O4/c1-13(2)12-27-20-15(8-9-16(29)26-10-4-5-11-26)18(23-3)25-28(20)22(32)17(21(27)31)19(30)24-14-6-7-14/h8-9,13-14,32H,4-7,10-12H2,1-3H3,(H,23,25)(H,24,30). The van der Waals surface area contributed by atoms with E-state index in [1.807, 2.05) is 13.8 Å². The van der Waals surface area contributed by atoms with Crippen molar-refractivity contribution in [3.8, 4) is 5.88 Å². The lowest BCUT2D eigenvalue weighted by atomic mass is 10.2. The molecule has 10 nitrogen and oxygen atoms in total. The fraction of sp³-hybridized carbons (Fsp3) is 0.545. The van der Waals surface area contributed by atoms with Crippen LogP contribution in [0.3, 0.4) is 0 Å². The van der Waals surface area contributed by atoms with Gasteiger partial charge in [-0.25, -0.2) is 0 Å². The summed E-state index contributed by atoms with van der Waals surface area (Å²) in [5, 5.41) is 21.0. The number of likely N-dealkylation sites (tertiary alicyclic amines) is 1. The van der Waals surface area contributed by atoms with Crippen LogP contribution >= 0.6 is 0 Å². The number of hydrogen-bond donors (Lipinski definition) is 3. The van der Waals surface area contributed by atoms with Gasteiger partial charge in [-0.2, -0.15) is 4.52 Å². The van der Waals surface area contributed by atoms with Gasteiger partial charge in [-0.3, -0.25) is 19.0 Å². The van der Waals surface area contributed by atoms with Crippen molar-refractivity contribution < 1.29 is 14.7 Å². The van der Waals surface area contributed by atoms with Gasteiger partial charge in [0.1, 0.15) is 0 Å². The molecule has 0 radical (unpaired) electrons. The van der Waals surface area contributed by atoms with Crippen LogP contribution in [-0.2, 0) is 11.3 Å². The fourth-order valence-electron chi connectivity index (χ4n) is 4.02. The molecule has 2 amide bonds. The number of fused-ring (bicyclic) bond motifs is 1. The summed E-state index contributed by atoms with van der Waals surface area (Å²) in [6.45, 7) is 5.70. The number of hydrogen-bond acceptors (Lipinski definition) is 6. The average Bonchev–Trinajstić information content (AvgIpc) is 3.26. The largest absolute Gasteiger partial charge is 0.492 e. The molecule has 1 aliphatic carbocycles. The van der Waals surface area contributed by atoms with Crippen LogP contribution in [0.4, 0.5) is 5.82 Å². The molecular formula is C22H30N6O4. The van der Waals surface area contributed by atoms with E-state index in [0.717, 1.165) is 38.8 Å². The number of amides is 2. The van der Waals surface area contributed by atoms with Crippen molar-refractivity contribution in [2.24, 2.45) is 5.92 Å². The Kier molecular flexibility index (Phi) is 5.94. The first-order valence-electron chi connectivity index (χ1n) is 11.2. The summed E-state index contributed by atoms with van der Waals surface area (Å²) in [6.07, 6.45) is 6.80. The third kappa shape index (κ3) is 4.09. The Labute approximate surface area is 185 Å². The Morgan fingerprint density at radius 3 is 2.53 bits per heavy atom. The van der Waals surface area contributed by atoms with Gasteiger partial charge < -0.3 is 20.6 Å². The molecule has 2 aromatic heterocycles. The normalized spacial score (nSPS) is 16.4. The van der Waals surface area contributed by atoms with Crippen LogP contribution in [0, 0.1) is 5.92 Å². The Balaban J connectivity index is 1.87. The van der Waals surface area contributed by atoms with E-state index in [2.05, 4.69) is 15.7 Å². The molecule has 3 N–H and O–H groups in total. The van der Waals surface area contributed by atoms with Crippen molar-refractivity contribution in [2.75, 3.05) is 25.5 Å². The molecule has 1 aliphatic heterocycles. The van der Waals surface area contributed by atoms with Gasteiger partial charge in [0.15, 0.2) is 17.0 Å². The van der Waals surface area contributed by atoms with Crippen LogP contribution in [0.1, 0.15) is 55.5 Å². The number of nitrogens with zero attached hydrogens (tertiary/aromatic N) is 4. The topological polar surface area (TPSA) is 121 Å². The van der Waals surface area contributed by atoms with E-state index in [0.29, 0.717) is 23.6 Å². The van der Waals surface area contributed by atoms with Crippen molar-refractivity contribution in [1.82, 2.24) is 24.4 Å². The summed E-state index contributed by atoms with van der Waals surface area (Å²) in [5.41, 5.74) is -0.0648. The monoisotopic (exact) mass is 442 g/mol. The quantitative estimate of drug-likeness (QED) is 0.558. The Morgan fingerprint density at radius 1 is 1.25 bits per heavy atom. The zero-order chi connectivity index (χ0) is 23.0. The van der Waals surface area contributed by atoms with Gasteiger partial charge in [-0.1, -0.05) is 13.8 Å². The number of anilines is 1. The van der Waals surface area contributed by atoms with Crippen molar-refractivity contribution in [3.05, 3.63) is 27.6 Å². The third-order valence-corrected chi connectivity index (χ3v) is 5.77. The zero-order valence-electron chi connectivity index (χ0n) is 18.7. The summed E-state index contributed by atoms with van der Waals surface area (Å²) in [4.78, 5) is 40.4. The van der Waals surface area contributed by atoms with Crippen LogP contribution < -0.4 is 16.2 Å². The second-order valence-electron chi connectivity index (χ2n) is 8.87. The number of aromatic hydroxyl groups is 1. The third-order valence-electron chi connectivity index (χ3n) is 5.77. The highest BCUT2D eigenvalue weighted by atomic mass is 16.3. The predicted molar refractivity (Wildman–Crippen MR) is 121 cm³/mol. The molecule has 0 unspecified atom stereocenters. The van der Waals surface area contributed by atoms with E-state index in [4.69, 9.17) is 0 Å². The number of carbonyl (C=O) groups is 2. The summed E-state index contributed by atoms with van der Waals surface area (Å²) >= 11 is 0. The minimum Gasteiger partial charge on any atom is -0.492 e. The molecule has 32 heavy (non-hydrogen) atoms. The molecule has 1 saturated heterocycles. The lowest BCUT2D eigenvalue weighted by Gasteiger charge is -2.15. The molecule has 2 aliphatic rings. The molecule has 4 rings (SSSR count). The highest BCUT2D eigenvalue weighted by Crippen LogP contribution is 2.28. The van der Waals surface area contributed by atoms with Crippen LogP contribution in [0.2, 0.25) is 0 Å². The molecular weight excluding hydrogens is 412 g/mol. The zero-order valence-corrected chi connectivity index (χ0v) is 18.7. The van der Waals surface area contributed by atoms with Gasteiger partial charge in [0.2, 0.25) is 11.8 Å². The van der Waals surface area contributed by atoms with E-state index in [1.165, 1.54) is 15.2 Å². The molecule has 0 spiro atoms. The minimum absolute atomic E-state index is 0.0381. The lowest BCUT2D eigenvalue weighted by Crippen LogP contribution is -2.36. The second-order valence-corrected chi connectivity index (χ2v) is 8.87. The molecule has 172 valence electrons. The Hall–Kier alpha value is -3.30. The van der Waals surface area contributed by atoms with Crippen LogP contribution in [0.25, 0.3) is 11.7 Å². The van der Waals surface area contributed by atoms with Crippen LogP contribution in [-0.4, -0.2) is 62.2 Å². The maximum Gasteiger partial charge on any atom is 0.270 e. The van der Waals surface area contributed by atoms with Crippen molar-refractivity contribution in [2.45, 2.75) is 52.1 Å². The second kappa shape index (κ2) is 8.68. The fourth-order valence-corrected chi connectivity index (χ4v) is 4.02. The van der Waals surface area contributed by atoms with Gasteiger partial charge in [0.25, 0.3) is 11.5 Å². The number of rotatable bonds is 7. The summed E-state index contributed by atoms with van der Waals surface area (Å²) in [7, 11) is 1.67. The average molecular weight is 443 g/mol. The van der Waals surface area contributed by atoms with Gasteiger partial charge in [-0.05, 0) is 37.7 Å². The number of aromatic nitrogens is 3. The van der Waals surface area contributed by atoms with Crippen LogP contribution in [0.5, 0.6) is 5.88 Å².